The van der Waals surface area contributed by atoms with Crippen molar-refractivity contribution in [3.8, 4) is 0 Å². The van der Waals surface area contributed by atoms with Gasteiger partial charge in [0, 0.05) is 30.5 Å². The minimum atomic E-state index is -0.227. The van der Waals surface area contributed by atoms with Gasteiger partial charge in [-0.3, -0.25) is 9.59 Å². The predicted molar refractivity (Wildman–Crippen MR) is 125 cm³/mol. The van der Waals surface area contributed by atoms with Gasteiger partial charge < -0.3 is 14.8 Å². The number of carbonyl (C=O) groups is 1. The van der Waals surface area contributed by atoms with E-state index in [1.54, 1.807) is 6.07 Å². The molecule has 1 saturated heterocycles. The van der Waals surface area contributed by atoms with Crippen LogP contribution in [0, 0.1) is 6.92 Å². The van der Waals surface area contributed by atoms with E-state index in [0.29, 0.717) is 12.0 Å². The van der Waals surface area contributed by atoms with Gasteiger partial charge in [0.15, 0.2) is 5.43 Å². The van der Waals surface area contributed by atoms with Crippen LogP contribution in [0.4, 0.5) is 0 Å². The van der Waals surface area contributed by atoms with Gasteiger partial charge in [0.05, 0.1) is 6.04 Å². The largest absolute Gasteiger partial charge is 0.347 e. The monoisotopic (exact) mass is 421 g/mol. The van der Waals surface area contributed by atoms with Crippen LogP contribution in [0.2, 0.25) is 0 Å². The average Bonchev–Trinajstić information content (AvgIpc) is 2.78. The number of amides is 1. The second-order valence-corrected chi connectivity index (χ2v) is 9.00. The highest BCUT2D eigenvalue weighted by Crippen LogP contribution is 2.29. The second kappa shape index (κ2) is 9.82. The third kappa shape index (κ3) is 4.77. The molecule has 166 valence electrons. The number of pyridine rings is 1. The highest BCUT2D eigenvalue weighted by Gasteiger charge is 2.25. The van der Waals surface area contributed by atoms with Crippen LogP contribution in [0.15, 0.2) is 35.1 Å². The summed E-state index contributed by atoms with van der Waals surface area (Å²) in [6.45, 7) is 8.11. The van der Waals surface area contributed by atoms with Crippen molar-refractivity contribution in [3.63, 3.8) is 0 Å². The van der Waals surface area contributed by atoms with Crippen molar-refractivity contribution in [3.05, 3.63) is 68.6 Å². The molecule has 0 saturated carbocycles. The Morgan fingerprint density at radius 2 is 1.87 bits per heavy atom. The molecule has 5 heteroatoms. The number of fused-ring (bicyclic) bond motifs is 1. The third-order valence-corrected chi connectivity index (χ3v) is 6.95. The molecular weight excluding hydrogens is 386 g/mol. The van der Waals surface area contributed by atoms with E-state index in [1.165, 1.54) is 30.4 Å². The lowest BCUT2D eigenvalue weighted by atomic mass is 9.87. The Balaban J connectivity index is 1.58. The van der Waals surface area contributed by atoms with Crippen molar-refractivity contribution >= 4 is 5.91 Å². The van der Waals surface area contributed by atoms with Gasteiger partial charge in [-0.2, -0.15) is 0 Å². The number of benzene rings is 1. The van der Waals surface area contributed by atoms with E-state index in [9.17, 15) is 9.59 Å². The zero-order valence-electron chi connectivity index (χ0n) is 19.0. The van der Waals surface area contributed by atoms with Crippen molar-refractivity contribution in [1.82, 2.24) is 14.8 Å². The number of aromatic nitrogens is 1. The molecule has 1 aromatic heterocycles. The summed E-state index contributed by atoms with van der Waals surface area (Å²) in [7, 11) is 0. The first-order valence-electron chi connectivity index (χ1n) is 11.9. The number of aryl methyl sites for hydroxylation is 2. The molecule has 1 aliphatic heterocycles. The van der Waals surface area contributed by atoms with Crippen LogP contribution in [0.1, 0.15) is 77.9 Å². The molecule has 1 atom stereocenters. The summed E-state index contributed by atoms with van der Waals surface area (Å²) in [6, 6.07) is 9.94. The minimum absolute atomic E-state index is 0.0235. The lowest BCUT2D eigenvalue weighted by molar-refractivity contribution is 0.0929. The summed E-state index contributed by atoms with van der Waals surface area (Å²) in [5, 5.41) is 3.20. The zero-order chi connectivity index (χ0) is 21.8. The van der Waals surface area contributed by atoms with E-state index in [4.69, 9.17) is 0 Å². The molecule has 0 spiro atoms. The Morgan fingerprint density at radius 1 is 1.10 bits per heavy atom. The van der Waals surface area contributed by atoms with Crippen LogP contribution < -0.4 is 10.7 Å². The number of carbonyl (C=O) groups excluding carboxylic acids is 1. The van der Waals surface area contributed by atoms with Gasteiger partial charge in [0.2, 0.25) is 0 Å². The number of hydrogen-bond donors (Lipinski definition) is 1. The van der Waals surface area contributed by atoms with Crippen molar-refractivity contribution in [2.24, 2.45) is 0 Å². The van der Waals surface area contributed by atoms with Crippen LogP contribution >= 0.6 is 0 Å². The number of likely N-dealkylation sites (tertiary alicyclic amines) is 1. The number of hydrogen-bond acceptors (Lipinski definition) is 3. The molecular formula is C26H35N3O2. The Labute approximate surface area is 185 Å². The lowest BCUT2D eigenvalue weighted by Crippen LogP contribution is -2.37. The summed E-state index contributed by atoms with van der Waals surface area (Å²) >= 11 is 0. The highest BCUT2D eigenvalue weighted by molar-refractivity contribution is 5.95. The maximum Gasteiger partial charge on any atom is 0.257 e. The SMILES string of the molecule is CCc1c(C(=O)N[C@H]2CCCc3ccccc32)c(=O)cc(C)n1CCN1CCCCC1. The number of nitrogens with zero attached hydrogens (tertiary/aromatic N) is 2. The van der Waals surface area contributed by atoms with Crippen molar-refractivity contribution < 1.29 is 4.79 Å². The molecule has 2 heterocycles. The van der Waals surface area contributed by atoms with E-state index < -0.39 is 0 Å². The van der Waals surface area contributed by atoms with E-state index in [-0.39, 0.29) is 17.4 Å². The molecule has 1 fully saturated rings. The average molecular weight is 422 g/mol. The molecule has 0 bridgehead atoms. The second-order valence-electron chi connectivity index (χ2n) is 9.00. The summed E-state index contributed by atoms with van der Waals surface area (Å²) in [5.41, 5.74) is 4.47. The molecule has 5 nitrogen and oxygen atoms in total. The molecule has 1 N–H and O–H groups in total. The number of nitrogens with one attached hydrogen (secondary N) is 1. The minimum Gasteiger partial charge on any atom is -0.347 e. The fraction of sp³-hybridized carbons (Fsp3) is 0.538. The van der Waals surface area contributed by atoms with E-state index in [2.05, 4.69) is 33.0 Å². The molecule has 31 heavy (non-hydrogen) atoms. The van der Waals surface area contributed by atoms with E-state index in [1.807, 2.05) is 19.9 Å². The van der Waals surface area contributed by atoms with E-state index >= 15 is 0 Å². The van der Waals surface area contributed by atoms with Crippen molar-refractivity contribution in [2.75, 3.05) is 19.6 Å². The molecule has 1 aromatic carbocycles. The topological polar surface area (TPSA) is 54.3 Å². The van der Waals surface area contributed by atoms with Crippen LogP contribution in [-0.2, 0) is 19.4 Å². The summed E-state index contributed by atoms with van der Waals surface area (Å²) in [6.07, 6.45) is 7.54. The normalized spacial score (nSPS) is 19.1. The summed E-state index contributed by atoms with van der Waals surface area (Å²) in [5.74, 6) is -0.227. The zero-order valence-corrected chi connectivity index (χ0v) is 19.0. The summed E-state index contributed by atoms with van der Waals surface area (Å²) < 4.78 is 2.19. The highest BCUT2D eigenvalue weighted by atomic mass is 16.2. The smallest absolute Gasteiger partial charge is 0.257 e. The standard InChI is InChI=1S/C26H35N3O2/c1-3-23-25(26(31)27-22-13-9-11-20-10-5-6-12-21(20)22)24(30)18-19(2)29(23)17-16-28-14-7-4-8-15-28/h5-6,10,12,18,22H,3-4,7-9,11,13-17H2,1-2H3,(H,27,31)/t22-/m0/s1. The van der Waals surface area contributed by atoms with Gasteiger partial charge >= 0.3 is 0 Å². The van der Waals surface area contributed by atoms with Crippen LogP contribution in [0.3, 0.4) is 0 Å². The van der Waals surface area contributed by atoms with Gasteiger partial charge in [0.25, 0.3) is 5.91 Å². The van der Waals surface area contributed by atoms with Gasteiger partial charge in [-0.05, 0) is 69.7 Å². The van der Waals surface area contributed by atoms with Gasteiger partial charge in [-0.15, -0.1) is 0 Å². The summed E-state index contributed by atoms with van der Waals surface area (Å²) in [4.78, 5) is 28.8. The Hall–Kier alpha value is -2.40. The molecule has 2 aliphatic rings. The molecule has 1 amide bonds. The first-order chi connectivity index (χ1) is 15.1. The maximum absolute atomic E-state index is 13.4. The van der Waals surface area contributed by atoms with Crippen molar-refractivity contribution in [1.29, 1.82) is 0 Å². The van der Waals surface area contributed by atoms with Crippen LogP contribution in [0.5, 0.6) is 0 Å². The molecule has 0 radical (unpaired) electrons. The fourth-order valence-corrected chi connectivity index (χ4v) is 5.31. The number of piperidine rings is 1. The quantitative estimate of drug-likeness (QED) is 0.767. The van der Waals surface area contributed by atoms with Crippen LogP contribution in [0.25, 0.3) is 0 Å². The van der Waals surface area contributed by atoms with Gasteiger partial charge in [-0.25, -0.2) is 0 Å². The van der Waals surface area contributed by atoms with Gasteiger partial charge in [-0.1, -0.05) is 37.6 Å². The van der Waals surface area contributed by atoms with Gasteiger partial charge in [0.1, 0.15) is 5.56 Å². The molecule has 1 aliphatic carbocycles. The van der Waals surface area contributed by atoms with Crippen molar-refractivity contribution in [2.45, 2.75) is 71.4 Å². The Morgan fingerprint density at radius 3 is 2.65 bits per heavy atom. The Kier molecular flexibility index (Phi) is 6.91. The number of rotatable bonds is 6. The predicted octanol–water partition coefficient (Wildman–Crippen LogP) is 4.01. The first kappa shape index (κ1) is 21.8. The first-order valence-corrected chi connectivity index (χ1v) is 11.9. The fourth-order valence-electron chi connectivity index (χ4n) is 5.31. The molecule has 2 aromatic rings. The molecule has 0 unspecified atom stereocenters. The van der Waals surface area contributed by atoms with Crippen LogP contribution in [-0.4, -0.2) is 35.0 Å². The Bertz CT molecular complexity index is 989. The van der Waals surface area contributed by atoms with E-state index in [0.717, 1.165) is 56.8 Å². The lowest BCUT2D eigenvalue weighted by Gasteiger charge is -2.29. The third-order valence-electron chi connectivity index (χ3n) is 6.95. The molecule has 4 rings (SSSR count). The maximum atomic E-state index is 13.4.